The Labute approximate surface area is 77.8 Å². The highest BCUT2D eigenvalue weighted by atomic mass is 16.3. The van der Waals surface area contributed by atoms with Gasteiger partial charge in [0.2, 0.25) is 0 Å². The van der Waals surface area contributed by atoms with Gasteiger partial charge in [-0.2, -0.15) is 0 Å². The fourth-order valence-corrected chi connectivity index (χ4v) is 2.05. The molecule has 0 fully saturated rings. The van der Waals surface area contributed by atoms with Crippen molar-refractivity contribution in [1.82, 2.24) is 0 Å². The van der Waals surface area contributed by atoms with Crippen LogP contribution in [0.25, 0.3) is 0 Å². The Morgan fingerprint density at radius 1 is 1.38 bits per heavy atom. The third-order valence-corrected chi connectivity index (χ3v) is 2.74. The van der Waals surface area contributed by atoms with E-state index in [2.05, 4.69) is 0 Å². The zero-order chi connectivity index (χ0) is 9.26. The zero-order valence-corrected chi connectivity index (χ0v) is 7.53. The van der Waals surface area contributed by atoms with Gasteiger partial charge >= 0.3 is 0 Å². The smallest absolute Gasteiger partial charge is 0.0792 e. The maximum Gasteiger partial charge on any atom is 0.0792 e. The largest absolute Gasteiger partial charge is 0.392 e. The number of fused-ring (bicyclic) bond motifs is 1. The number of benzene rings is 1. The van der Waals surface area contributed by atoms with Crippen molar-refractivity contribution in [2.24, 2.45) is 0 Å². The summed E-state index contributed by atoms with van der Waals surface area (Å²) in [6.07, 6.45) is 2.53. The van der Waals surface area contributed by atoms with Gasteiger partial charge in [-0.05, 0) is 36.0 Å². The van der Waals surface area contributed by atoms with Crippen LogP contribution in [0.1, 0.15) is 35.6 Å². The Bertz CT molecular complexity index is 307. The summed E-state index contributed by atoms with van der Waals surface area (Å²) in [5, 5.41) is 18.8. The number of aliphatic hydroxyl groups excluding tert-OH is 2. The molecule has 1 unspecified atom stereocenters. The lowest BCUT2D eigenvalue weighted by Gasteiger charge is -2.23. The maximum atomic E-state index is 9.70. The quantitative estimate of drug-likeness (QED) is 0.685. The van der Waals surface area contributed by atoms with Crippen LogP contribution >= 0.6 is 0 Å². The van der Waals surface area contributed by atoms with Crippen LogP contribution in [0.5, 0.6) is 0 Å². The van der Waals surface area contributed by atoms with Gasteiger partial charge in [-0.1, -0.05) is 18.2 Å². The van der Waals surface area contributed by atoms with E-state index in [1.54, 1.807) is 0 Å². The normalized spacial score (nSPS) is 21.2. The molecule has 0 amide bonds. The summed E-state index contributed by atoms with van der Waals surface area (Å²) in [4.78, 5) is 0. The van der Waals surface area contributed by atoms with E-state index in [1.165, 1.54) is 0 Å². The van der Waals surface area contributed by atoms with Crippen molar-refractivity contribution in [3.05, 3.63) is 34.9 Å². The molecule has 1 aromatic rings. The first-order valence-electron chi connectivity index (χ1n) is 4.72. The molecule has 0 saturated heterocycles. The van der Waals surface area contributed by atoms with Gasteiger partial charge in [-0.3, -0.25) is 0 Å². The van der Waals surface area contributed by atoms with Gasteiger partial charge in [0.05, 0.1) is 12.7 Å². The molecule has 2 N–H and O–H groups in total. The number of rotatable bonds is 1. The fourth-order valence-electron chi connectivity index (χ4n) is 2.05. The van der Waals surface area contributed by atoms with Crippen molar-refractivity contribution in [3.63, 3.8) is 0 Å². The highest BCUT2D eigenvalue weighted by Gasteiger charge is 2.19. The predicted octanol–water partition coefficient (Wildman–Crippen LogP) is 1.55. The molecule has 0 radical (unpaired) electrons. The third kappa shape index (κ3) is 1.47. The monoisotopic (exact) mass is 178 g/mol. The van der Waals surface area contributed by atoms with Crippen molar-refractivity contribution in [3.8, 4) is 0 Å². The van der Waals surface area contributed by atoms with Crippen molar-refractivity contribution in [2.75, 3.05) is 0 Å². The first-order chi connectivity index (χ1) is 6.33. The van der Waals surface area contributed by atoms with Crippen molar-refractivity contribution >= 4 is 0 Å². The van der Waals surface area contributed by atoms with Gasteiger partial charge in [0.25, 0.3) is 0 Å². The minimum atomic E-state index is -0.324. The van der Waals surface area contributed by atoms with E-state index in [0.717, 1.165) is 36.0 Å². The molecule has 1 aromatic carbocycles. The fraction of sp³-hybridized carbons (Fsp3) is 0.455. The van der Waals surface area contributed by atoms with Gasteiger partial charge < -0.3 is 10.2 Å². The van der Waals surface area contributed by atoms with Crippen molar-refractivity contribution in [2.45, 2.75) is 32.0 Å². The second-order valence-corrected chi connectivity index (χ2v) is 3.55. The van der Waals surface area contributed by atoms with Gasteiger partial charge in [-0.15, -0.1) is 0 Å². The van der Waals surface area contributed by atoms with Gasteiger partial charge in [0.1, 0.15) is 0 Å². The Balaban J connectivity index is 2.48. The Hall–Kier alpha value is -0.860. The second kappa shape index (κ2) is 3.48. The molecule has 13 heavy (non-hydrogen) atoms. The SMILES string of the molecule is OCc1cccc2c1CCCC2O. The van der Waals surface area contributed by atoms with Gasteiger partial charge in [-0.25, -0.2) is 0 Å². The molecular weight excluding hydrogens is 164 g/mol. The lowest BCUT2D eigenvalue weighted by atomic mass is 9.86. The summed E-state index contributed by atoms with van der Waals surface area (Å²) in [6, 6.07) is 5.79. The van der Waals surface area contributed by atoms with E-state index in [1.807, 2.05) is 18.2 Å². The molecule has 0 saturated carbocycles. The number of hydrogen-bond donors (Lipinski definition) is 2. The Kier molecular flexibility index (Phi) is 2.34. The van der Waals surface area contributed by atoms with E-state index in [-0.39, 0.29) is 12.7 Å². The molecule has 2 rings (SSSR count). The minimum absolute atomic E-state index is 0.0793. The van der Waals surface area contributed by atoms with Crippen molar-refractivity contribution in [1.29, 1.82) is 0 Å². The zero-order valence-electron chi connectivity index (χ0n) is 7.53. The minimum Gasteiger partial charge on any atom is -0.392 e. The highest BCUT2D eigenvalue weighted by Crippen LogP contribution is 2.31. The van der Waals surface area contributed by atoms with E-state index in [0.29, 0.717) is 0 Å². The standard InChI is InChI=1S/C11H14O2/c12-7-8-3-1-5-10-9(8)4-2-6-11(10)13/h1,3,5,11-13H,2,4,6-7H2. The summed E-state index contributed by atoms with van der Waals surface area (Å²) >= 11 is 0. The molecule has 0 spiro atoms. The van der Waals surface area contributed by atoms with Crippen LogP contribution in [0.2, 0.25) is 0 Å². The Morgan fingerprint density at radius 3 is 3.00 bits per heavy atom. The molecule has 2 heteroatoms. The summed E-state index contributed by atoms with van der Waals surface area (Å²) in [5.41, 5.74) is 3.14. The molecule has 1 aliphatic carbocycles. The molecule has 1 aliphatic rings. The molecular formula is C11H14O2. The van der Waals surface area contributed by atoms with E-state index >= 15 is 0 Å². The van der Waals surface area contributed by atoms with Crippen LogP contribution in [-0.4, -0.2) is 10.2 Å². The van der Waals surface area contributed by atoms with Gasteiger partial charge in [0, 0.05) is 0 Å². The molecule has 0 bridgehead atoms. The average molecular weight is 178 g/mol. The average Bonchev–Trinajstić information content (AvgIpc) is 2.18. The number of hydrogen-bond acceptors (Lipinski definition) is 2. The van der Waals surface area contributed by atoms with Crippen molar-refractivity contribution < 1.29 is 10.2 Å². The number of aliphatic hydroxyl groups is 2. The van der Waals surface area contributed by atoms with Crippen LogP contribution in [0.15, 0.2) is 18.2 Å². The summed E-state index contributed by atoms with van der Waals surface area (Å²) in [5.74, 6) is 0. The molecule has 0 aliphatic heterocycles. The summed E-state index contributed by atoms with van der Waals surface area (Å²) in [7, 11) is 0. The van der Waals surface area contributed by atoms with Crippen LogP contribution in [0.4, 0.5) is 0 Å². The van der Waals surface area contributed by atoms with E-state index in [4.69, 9.17) is 5.11 Å². The van der Waals surface area contributed by atoms with Crippen LogP contribution in [0, 0.1) is 0 Å². The Morgan fingerprint density at radius 2 is 2.23 bits per heavy atom. The summed E-state index contributed by atoms with van der Waals surface area (Å²) < 4.78 is 0. The van der Waals surface area contributed by atoms with E-state index in [9.17, 15) is 5.11 Å². The molecule has 2 nitrogen and oxygen atoms in total. The van der Waals surface area contributed by atoms with Crippen LogP contribution in [0.3, 0.4) is 0 Å². The van der Waals surface area contributed by atoms with Gasteiger partial charge in [0.15, 0.2) is 0 Å². The first kappa shape index (κ1) is 8.73. The maximum absolute atomic E-state index is 9.70. The topological polar surface area (TPSA) is 40.5 Å². The third-order valence-electron chi connectivity index (χ3n) is 2.74. The second-order valence-electron chi connectivity index (χ2n) is 3.55. The highest BCUT2D eigenvalue weighted by molar-refractivity contribution is 5.37. The van der Waals surface area contributed by atoms with Crippen LogP contribution in [-0.2, 0) is 13.0 Å². The first-order valence-corrected chi connectivity index (χ1v) is 4.72. The predicted molar refractivity (Wildman–Crippen MR) is 50.3 cm³/mol. The van der Waals surface area contributed by atoms with Crippen LogP contribution < -0.4 is 0 Å². The lowest BCUT2D eigenvalue weighted by molar-refractivity contribution is 0.155. The van der Waals surface area contributed by atoms with E-state index < -0.39 is 0 Å². The molecule has 1 atom stereocenters. The molecule has 0 heterocycles. The lowest BCUT2D eigenvalue weighted by Crippen LogP contribution is -2.11. The molecule has 0 aromatic heterocycles. The summed E-state index contributed by atoms with van der Waals surface area (Å²) in [6.45, 7) is 0.0793. The molecule has 70 valence electrons.